The number of nitrogens with one attached hydrogen (secondary N) is 1. The van der Waals surface area contributed by atoms with Crippen molar-refractivity contribution in [2.75, 3.05) is 24.7 Å². The Morgan fingerprint density at radius 3 is 2.83 bits per heavy atom. The summed E-state index contributed by atoms with van der Waals surface area (Å²) in [5, 5.41) is 3.93. The Bertz CT molecular complexity index is 757. The van der Waals surface area contributed by atoms with Crippen LogP contribution in [0.2, 0.25) is 10.0 Å². The highest BCUT2D eigenvalue weighted by atomic mass is 35.5. The quantitative estimate of drug-likeness (QED) is 0.784. The van der Waals surface area contributed by atoms with Crippen LogP contribution >= 0.6 is 35.0 Å². The number of carbonyl (C=O) groups is 1. The molecule has 1 unspecified atom stereocenters. The van der Waals surface area contributed by atoms with Gasteiger partial charge in [-0.05, 0) is 24.3 Å². The van der Waals surface area contributed by atoms with Gasteiger partial charge in [-0.2, -0.15) is 0 Å². The van der Waals surface area contributed by atoms with Gasteiger partial charge in [0.1, 0.15) is 11.1 Å². The predicted octanol–water partition coefficient (Wildman–Crippen LogP) is 5.28. The van der Waals surface area contributed by atoms with Gasteiger partial charge in [-0.25, -0.2) is 4.79 Å². The van der Waals surface area contributed by atoms with Crippen LogP contribution in [0.5, 0.6) is 5.75 Å². The van der Waals surface area contributed by atoms with E-state index in [1.807, 2.05) is 30.3 Å². The lowest BCUT2D eigenvalue weighted by atomic mass is 10.2. The van der Waals surface area contributed by atoms with Gasteiger partial charge in [0, 0.05) is 27.9 Å². The molecule has 7 heteroatoms. The van der Waals surface area contributed by atoms with E-state index in [0.29, 0.717) is 28.0 Å². The number of rotatable bonds is 3. The van der Waals surface area contributed by atoms with E-state index in [2.05, 4.69) is 5.32 Å². The molecule has 0 radical (unpaired) electrons. The number of ether oxygens (including phenoxy) is 1. The summed E-state index contributed by atoms with van der Waals surface area (Å²) in [5.74, 6) is 1.47. The SMILES string of the molecule is COc1ccccc1NC(=O)N1CCSC1c1ccc(Cl)cc1Cl. The Morgan fingerprint density at radius 1 is 1.29 bits per heavy atom. The highest BCUT2D eigenvalue weighted by Gasteiger charge is 2.32. The molecule has 0 aliphatic carbocycles. The number of benzene rings is 2. The fraction of sp³-hybridized carbons (Fsp3) is 0.235. The van der Waals surface area contributed by atoms with E-state index in [1.54, 1.807) is 35.9 Å². The molecule has 0 bridgehead atoms. The van der Waals surface area contributed by atoms with Crippen molar-refractivity contribution in [3.63, 3.8) is 0 Å². The number of para-hydroxylation sites is 2. The minimum atomic E-state index is -0.180. The fourth-order valence-corrected chi connectivity index (χ4v) is 4.44. The lowest BCUT2D eigenvalue weighted by Gasteiger charge is -2.25. The number of urea groups is 1. The Morgan fingerprint density at radius 2 is 2.08 bits per heavy atom. The highest BCUT2D eigenvalue weighted by Crippen LogP contribution is 2.42. The van der Waals surface area contributed by atoms with Crippen molar-refractivity contribution in [2.45, 2.75) is 5.37 Å². The number of thioether (sulfide) groups is 1. The third-order valence-electron chi connectivity index (χ3n) is 3.73. The van der Waals surface area contributed by atoms with Crippen LogP contribution in [-0.4, -0.2) is 30.3 Å². The van der Waals surface area contributed by atoms with Gasteiger partial charge in [0.05, 0.1) is 12.8 Å². The summed E-state index contributed by atoms with van der Waals surface area (Å²) >= 11 is 14.0. The maximum atomic E-state index is 12.7. The summed E-state index contributed by atoms with van der Waals surface area (Å²) in [5.41, 5.74) is 1.53. The van der Waals surface area contributed by atoms with Crippen LogP contribution in [0.25, 0.3) is 0 Å². The third-order valence-corrected chi connectivity index (χ3v) is 5.53. The normalized spacial score (nSPS) is 17.0. The van der Waals surface area contributed by atoms with E-state index < -0.39 is 0 Å². The molecular weight excluding hydrogens is 367 g/mol. The minimum Gasteiger partial charge on any atom is -0.495 e. The molecule has 1 atom stereocenters. The number of hydrogen-bond acceptors (Lipinski definition) is 3. The molecule has 1 aliphatic rings. The number of anilines is 1. The maximum Gasteiger partial charge on any atom is 0.323 e. The fourth-order valence-electron chi connectivity index (χ4n) is 2.57. The van der Waals surface area contributed by atoms with Crippen LogP contribution in [0.4, 0.5) is 10.5 Å². The number of carbonyl (C=O) groups excluding carboxylic acids is 1. The van der Waals surface area contributed by atoms with Gasteiger partial charge >= 0.3 is 6.03 Å². The summed E-state index contributed by atoms with van der Waals surface area (Å²) in [4.78, 5) is 14.5. The van der Waals surface area contributed by atoms with Crippen LogP contribution in [0.15, 0.2) is 42.5 Å². The number of halogens is 2. The van der Waals surface area contributed by atoms with Crippen molar-refractivity contribution < 1.29 is 9.53 Å². The lowest BCUT2D eigenvalue weighted by Crippen LogP contribution is -2.34. The molecule has 3 rings (SSSR count). The van der Waals surface area contributed by atoms with Gasteiger partial charge in [0.25, 0.3) is 0 Å². The molecule has 4 nitrogen and oxygen atoms in total. The second kappa shape index (κ2) is 7.55. The summed E-state index contributed by atoms with van der Waals surface area (Å²) < 4.78 is 5.28. The molecule has 24 heavy (non-hydrogen) atoms. The zero-order chi connectivity index (χ0) is 17.1. The summed E-state index contributed by atoms with van der Waals surface area (Å²) in [6, 6.07) is 12.5. The third kappa shape index (κ3) is 3.58. The van der Waals surface area contributed by atoms with Crippen molar-refractivity contribution in [1.82, 2.24) is 4.90 Å². The van der Waals surface area contributed by atoms with Crippen LogP contribution in [0.1, 0.15) is 10.9 Å². The molecule has 2 amide bonds. The minimum absolute atomic E-state index is 0.135. The van der Waals surface area contributed by atoms with Gasteiger partial charge in [0.15, 0.2) is 0 Å². The summed E-state index contributed by atoms with van der Waals surface area (Å²) in [6.07, 6.45) is 0. The van der Waals surface area contributed by atoms with Crippen molar-refractivity contribution in [1.29, 1.82) is 0 Å². The van der Waals surface area contributed by atoms with Gasteiger partial charge in [-0.1, -0.05) is 41.4 Å². The molecule has 0 saturated carbocycles. The van der Waals surface area contributed by atoms with Crippen LogP contribution in [0, 0.1) is 0 Å². The van der Waals surface area contributed by atoms with E-state index in [1.165, 1.54) is 0 Å². The molecule has 1 heterocycles. The standard InChI is InChI=1S/C17H16Cl2N2O2S/c1-23-15-5-3-2-4-14(15)20-17(22)21-8-9-24-16(21)12-7-6-11(18)10-13(12)19/h2-7,10,16H,8-9H2,1H3,(H,20,22). The smallest absolute Gasteiger partial charge is 0.323 e. The number of hydrogen-bond donors (Lipinski definition) is 1. The van der Waals surface area contributed by atoms with E-state index in [9.17, 15) is 4.79 Å². The van der Waals surface area contributed by atoms with Crippen molar-refractivity contribution >= 4 is 46.7 Å². The van der Waals surface area contributed by atoms with Gasteiger partial charge in [-0.15, -0.1) is 11.8 Å². The zero-order valence-corrected chi connectivity index (χ0v) is 15.3. The largest absolute Gasteiger partial charge is 0.495 e. The lowest BCUT2D eigenvalue weighted by molar-refractivity contribution is 0.214. The van der Waals surface area contributed by atoms with E-state index in [4.69, 9.17) is 27.9 Å². The molecule has 0 aromatic heterocycles. The average Bonchev–Trinajstić information content (AvgIpc) is 3.05. The molecule has 1 saturated heterocycles. The molecule has 0 spiro atoms. The van der Waals surface area contributed by atoms with Gasteiger partial charge in [0.2, 0.25) is 0 Å². The summed E-state index contributed by atoms with van der Waals surface area (Å²) in [7, 11) is 1.58. The topological polar surface area (TPSA) is 41.6 Å². The first kappa shape index (κ1) is 17.3. The van der Waals surface area contributed by atoms with Gasteiger partial charge in [-0.3, -0.25) is 0 Å². The zero-order valence-electron chi connectivity index (χ0n) is 13.0. The molecule has 126 valence electrons. The first-order valence-corrected chi connectivity index (χ1v) is 9.18. The monoisotopic (exact) mass is 382 g/mol. The van der Waals surface area contributed by atoms with Crippen molar-refractivity contribution in [3.8, 4) is 5.75 Å². The van der Waals surface area contributed by atoms with Crippen molar-refractivity contribution in [3.05, 3.63) is 58.1 Å². The average molecular weight is 383 g/mol. The number of amides is 2. The van der Waals surface area contributed by atoms with E-state index in [0.717, 1.165) is 11.3 Å². The highest BCUT2D eigenvalue weighted by molar-refractivity contribution is 7.99. The van der Waals surface area contributed by atoms with Crippen LogP contribution < -0.4 is 10.1 Å². The molecule has 1 fully saturated rings. The Labute approximate surface area is 155 Å². The number of methoxy groups -OCH3 is 1. The molecular formula is C17H16Cl2N2O2S. The molecule has 1 aliphatic heterocycles. The first-order chi connectivity index (χ1) is 11.6. The number of nitrogens with zero attached hydrogens (tertiary/aromatic N) is 1. The molecule has 2 aromatic carbocycles. The van der Waals surface area contributed by atoms with E-state index in [-0.39, 0.29) is 11.4 Å². The molecule has 1 N–H and O–H groups in total. The van der Waals surface area contributed by atoms with Gasteiger partial charge < -0.3 is 15.0 Å². The van der Waals surface area contributed by atoms with Crippen LogP contribution in [-0.2, 0) is 0 Å². The Balaban J connectivity index is 1.81. The second-order valence-electron chi connectivity index (χ2n) is 5.21. The Hall–Kier alpha value is -1.56. The Kier molecular flexibility index (Phi) is 5.43. The second-order valence-corrected chi connectivity index (χ2v) is 7.24. The first-order valence-electron chi connectivity index (χ1n) is 7.37. The maximum absolute atomic E-state index is 12.7. The van der Waals surface area contributed by atoms with Crippen molar-refractivity contribution in [2.24, 2.45) is 0 Å². The predicted molar refractivity (Wildman–Crippen MR) is 100 cm³/mol. The van der Waals surface area contributed by atoms with E-state index >= 15 is 0 Å². The molecule has 2 aromatic rings. The summed E-state index contributed by atoms with van der Waals surface area (Å²) in [6.45, 7) is 0.648. The van der Waals surface area contributed by atoms with Crippen LogP contribution in [0.3, 0.4) is 0 Å².